The van der Waals surface area contributed by atoms with Crippen LogP contribution in [0.15, 0.2) is 24.3 Å². The van der Waals surface area contributed by atoms with E-state index in [1.165, 1.54) is 0 Å². The van der Waals surface area contributed by atoms with Crippen LogP contribution >= 0.6 is 0 Å². The van der Waals surface area contributed by atoms with E-state index in [1.54, 1.807) is 0 Å². The highest BCUT2D eigenvalue weighted by molar-refractivity contribution is 5.85. The Balaban J connectivity index is 1.93. The van der Waals surface area contributed by atoms with Crippen molar-refractivity contribution < 1.29 is 9.59 Å². The molecule has 0 saturated heterocycles. The molecule has 0 fully saturated rings. The lowest BCUT2D eigenvalue weighted by Gasteiger charge is -2.10. The van der Waals surface area contributed by atoms with Crippen molar-refractivity contribution in [2.45, 2.75) is 40.3 Å². The molecule has 2 rings (SSSR count). The lowest BCUT2D eigenvalue weighted by molar-refractivity contribution is -0.128. The number of aryl methyl sites for hydroxylation is 1. The minimum absolute atomic E-state index is 0.00444. The van der Waals surface area contributed by atoms with E-state index >= 15 is 0 Å². The standard InChI is InChI=1S/C17H24N4O2/c1-4-12(3)17(23)19-11-16(22)18-10-15-20-13-8-6-7-9-14(13)21(15)5-2/h6-9,12H,4-5,10-11H2,1-3H3,(H,18,22)(H,19,23)/t12-/m1/s1. The van der Waals surface area contributed by atoms with Crippen molar-refractivity contribution in [2.24, 2.45) is 5.92 Å². The van der Waals surface area contributed by atoms with E-state index in [-0.39, 0.29) is 24.3 Å². The molecule has 0 aliphatic carbocycles. The second kappa shape index (κ2) is 7.76. The summed E-state index contributed by atoms with van der Waals surface area (Å²) in [5, 5.41) is 5.46. The van der Waals surface area contributed by atoms with E-state index < -0.39 is 0 Å². The molecule has 23 heavy (non-hydrogen) atoms. The number of hydrogen-bond donors (Lipinski definition) is 2. The first-order valence-electron chi connectivity index (χ1n) is 8.05. The van der Waals surface area contributed by atoms with Gasteiger partial charge < -0.3 is 15.2 Å². The summed E-state index contributed by atoms with van der Waals surface area (Å²) in [4.78, 5) is 28.1. The van der Waals surface area contributed by atoms with Gasteiger partial charge in [-0.05, 0) is 25.5 Å². The molecule has 1 atom stereocenters. The largest absolute Gasteiger partial charge is 0.347 e. The summed E-state index contributed by atoms with van der Waals surface area (Å²) >= 11 is 0. The lowest BCUT2D eigenvalue weighted by atomic mass is 10.1. The molecular formula is C17H24N4O2. The van der Waals surface area contributed by atoms with Crippen LogP contribution < -0.4 is 10.6 Å². The molecule has 6 nitrogen and oxygen atoms in total. The number of imidazole rings is 1. The normalized spacial score (nSPS) is 12.1. The molecule has 2 N–H and O–H groups in total. The third-order valence-electron chi connectivity index (χ3n) is 3.98. The summed E-state index contributed by atoms with van der Waals surface area (Å²) in [7, 11) is 0. The number of para-hydroxylation sites is 2. The maximum absolute atomic E-state index is 11.9. The number of fused-ring (bicyclic) bond motifs is 1. The molecule has 2 amide bonds. The summed E-state index contributed by atoms with van der Waals surface area (Å²) in [6, 6.07) is 7.90. The van der Waals surface area contributed by atoms with Crippen LogP contribution in [-0.4, -0.2) is 27.9 Å². The van der Waals surface area contributed by atoms with Gasteiger partial charge in [0.2, 0.25) is 11.8 Å². The van der Waals surface area contributed by atoms with Gasteiger partial charge in [0.05, 0.1) is 24.1 Å². The number of hydrogen-bond acceptors (Lipinski definition) is 3. The monoisotopic (exact) mass is 316 g/mol. The maximum atomic E-state index is 11.9. The fourth-order valence-corrected chi connectivity index (χ4v) is 2.38. The zero-order chi connectivity index (χ0) is 16.8. The van der Waals surface area contributed by atoms with Gasteiger partial charge in [0.25, 0.3) is 0 Å². The number of carbonyl (C=O) groups excluding carboxylic acids is 2. The summed E-state index contributed by atoms with van der Waals surface area (Å²) < 4.78 is 2.08. The quantitative estimate of drug-likeness (QED) is 0.818. The minimum atomic E-state index is -0.212. The zero-order valence-electron chi connectivity index (χ0n) is 13.9. The second-order valence-corrected chi connectivity index (χ2v) is 5.56. The van der Waals surface area contributed by atoms with E-state index in [4.69, 9.17) is 0 Å². The van der Waals surface area contributed by atoms with Crippen LogP contribution in [0.3, 0.4) is 0 Å². The number of rotatable bonds is 7. The topological polar surface area (TPSA) is 76.0 Å². The molecule has 0 saturated carbocycles. The average molecular weight is 316 g/mol. The smallest absolute Gasteiger partial charge is 0.239 e. The summed E-state index contributed by atoms with van der Waals surface area (Å²) in [6.07, 6.45) is 0.758. The predicted molar refractivity (Wildman–Crippen MR) is 89.7 cm³/mol. The van der Waals surface area contributed by atoms with Gasteiger partial charge in [0.1, 0.15) is 5.82 Å². The molecule has 0 unspecified atom stereocenters. The molecule has 2 aromatic rings. The van der Waals surface area contributed by atoms with Gasteiger partial charge in [0, 0.05) is 12.5 Å². The van der Waals surface area contributed by atoms with Gasteiger partial charge in [-0.2, -0.15) is 0 Å². The van der Waals surface area contributed by atoms with Crippen LogP contribution in [-0.2, 0) is 22.7 Å². The van der Waals surface area contributed by atoms with Crippen molar-refractivity contribution in [3.63, 3.8) is 0 Å². The molecule has 0 radical (unpaired) electrons. The minimum Gasteiger partial charge on any atom is -0.347 e. The third kappa shape index (κ3) is 4.09. The number of benzene rings is 1. The Morgan fingerprint density at radius 1 is 1.22 bits per heavy atom. The molecule has 0 bridgehead atoms. The van der Waals surface area contributed by atoms with Gasteiger partial charge in [-0.15, -0.1) is 0 Å². The van der Waals surface area contributed by atoms with E-state index in [0.717, 1.165) is 29.8 Å². The molecule has 1 heterocycles. The number of carbonyl (C=O) groups is 2. The van der Waals surface area contributed by atoms with E-state index in [0.29, 0.717) is 6.54 Å². The van der Waals surface area contributed by atoms with Crippen LogP contribution in [0.25, 0.3) is 11.0 Å². The first-order valence-corrected chi connectivity index (χ1v) is 8.05. The highest BCUT2D eigenvalue weighted by atomic mass is 16.2. The number of amides is 2. The summed E-state index contributed by atoms with van der Waals surface area (Å²) in [5.74, 6) is 0.433. The fraction of sp³-hybridized carbons (Fsp3) is 0.471. The number of aromatic nitrogens is 2. The lowest BCUT2D eigenvalue weighted by Crippen LogP contribution is -2.39. The Labute approximate surface area is 136 Å². The summed E-state index contributed by atoms with van der Waals surface area (Å²) in [5.41, 5.74) is 1.98. The Bertz CT molecular complexity index is 693. The van der Waals surface area contributed by atoms with Gasteiger partial charge in [-0.1, -0.05) is 26.0 Å². The van der Waals surface area contributed by atoms with Crippen molar-refractivity contribution in [3.05, 3.63) is 30.1 Å². The van der Waals surface area contributed by atoms with E-state index in [2.05, 4.69) is 20.2 Å². The molecule has 0 spiro atoms. The van der Waals surface area contributed by atoms with Gasteiger partial charge in [-0.25, -0.2) is 4.98 Å². The Morgan fingerprint density at radius 3 is 2.65 bits per heavy atom. The molecule has 1 aromatic heterocycles. The van der Waals surface area contributed by atoms with E-state index in [1.807, 2.05) is 45.0 Å². The molecular weight excluding hydrogens is 292 g/mol. The van der Waals surface area contributed by atoms with Crippen molar-refractivity contribution in [1.29, 1.82) is 0 Å². The molecule has 124 valence electrons. The highest BCUT2D eigenvalue weighted by Gasteiger charge is 2.13. The Hall–Kier alpha value is -2.37. The van der Waals surface area contributed by atoms with Crippen LogP contribution in [0.4, 0.5) is 0 Å². The van der Waals surface area contributed by atoms with Crippen LogP contribution in [0.5, 0.6) is 0 Å². The van der Waals surface area contributed by atoms with Crippen molar-refractivity contribution in [1.82, 2.24) is 20.2 Å². The molecule has 6 heteroatoms. The maximum Gasteiger partial charge on any atom is 0.239 e. The van der Waals surface area contributed by atoms with Gasteiger partial charge in [-0.3, -0.25) is 9.59 Å². The fourth-order valence-electron chi connectivity index (χ4n) is 2.38. The van der Waals surface area contributed by atoms with E-state index in [9.17, 15) is 9.59 Å². The van der Waals surface area contributed by atoms with Crippen LogP contribution in [0.2, 0.25) is 0 Å². The third-order valence-corrected chi connectivity index (χ3v) is 3.98. The van der Waals surface area contributed by atoms with Crippen molar-refractivity contribution >= 4 is 22.8 Å². The summed E-state index contributed by atoms with van der Waals surface area (Å²) in [6.45, 7) is 6.97. The Kier molecular flexibility index (Phi) is 5.73. The SMILES string of the molecule is CC[C@@H](C)C(=O)NCC(=O)NCc1nc2ccccc2n1CC. The Morgan fingerprint density at radius 2 is 1.96 bits per heavy atom. The predicted octanol–water partition coefficient (Wildman–Crippen LogP) is 1.83. The van der Waals surface area contributed by atoms with Gasteiger partial charge >= 0.3 is 0 Å². The first-order chi connectivity index (χ1) is 11.1. The van der Waals surface area contributed by atoms with Crippen molar-refractivity contribution in [3.8, 4) is 0 Å². The molecule has 0 aliphatic heterocycles. The molecule has 0 aliphatic rings. The van der Waals surface area contributed by atoms with Crippen molar-refractivity contribution in [2.75, 3.05) is 6.54 Å². The van der Waals surface area contributed by atoms with Gasteiger partial charge in [0.15, 0.2) is 0 Å². The van der Waals surface area contributed by atoms with Crippen LogP contribution in [0, 0.1) is 5.92 Å². The zero-order valence-corrected chi connectivity index (χ0v) is 13.9. The second-order valence-electron chi connectivity index (χ2n) is 5.56. The average Bonchev–Trinajstić information content (AvgIpc) is 2.94. The highest BCUT2D eigenvalue weighted by Crippen LogP contribution is 2.15. The molecule has 1 aromatic carbocycles. The first kappa shape index (κ1) is 17.0. The van der Waals surface area contributed by atoms with Crippen LogP contribution in [0.1, 0.15) is 33.0 Å². The number of nitrogens with zero attached hydrogens (tertiary/aromatic N) is 2. The number of nitrogens with one attached hydrogen (secondary N) is 2.